The van der Waals surface area contributed by atoms with E-state index in [0.29, 0.717) is 21.9 Å². The first-order chi connectivity index (χ1) is 17.6. The van der Waals surface area contributed by atoms with Gasteiger partial charge in [0.1, 0.15) is 12.4 Å². The van der Waals surface area contributed by atoms with Gasteiger partial charge in [-0.15, -0.1) is 0 Å². The Morgan fingerprint density at radius 3 is 2.46 bits per heavy atom. The Hall–Kier alpha value is -4.36. The van der Waals surface area contributed by atoms with Crippen LogP contribution in [0.3, 0.4) is 0 Å². The number of amides is 2. The molecule has 7 nitrogen and oxygen atoms in total. The van der Waals surface area contributed by atoms with E-state index >= 15 is 0 Å². The quantitative estimate of drug-likeness (QED) is 0.275. The number of nitrogens with zero attached hydrogens (tertiary/aromatic N) is 2. The number of carbonyl (C=O) groups excluding carboxylic acids is 2. The van der Waals surface area contributed by atoms with Crippen molar-refractivity contribution in [2.24, 2.45) is 5.10 Å². The molecular formula is C26H20ClF3N4O3. The number of alkyl halides is 3. The molecule has 0 heterocycles. The van der Waals surface area contributed by atoms with Crippen molar-refractivity contribution in [3.8, 4) is 11.8 Å². The van der Waals surface area contributed by atoms with Crippen LogP contribution < -0.4 is 15.5 Å². The van der Waals surface area contributed by atoms with Gasteiger partial charge in [0.2, 0.25) is 11.8 Å². The van der Waals surface area contributed by atoms with E-state index in [1.165, 1.54) is 18.3 Å². The first kappa shape index (κ1) is 27.2. The highest BCUT2D eigenvalue weighted by Crippen LogP contribution is 2.30. The second-order valence-electron chi connectivity index (χ2n) is 7.70. The maximum absolute atomic E-state index is 12.8. The number of hydrogen-bond donors (Lipinski definition) is 2. The van der Waals surface area contributed by atoms with Gasteiger partial charge in [0.25, 0.3) is 0 Å². The summed E-state index contributed by atoms with van der Waals surface area (Å²) >= 11 is 6.05. The molecule has 37 heavy (non-hydrogen) atoms. The molecule has 2 N–H and O–H groups in total. The highest BCUT2D eigenvalue weighted by atomic mass is 35.5. The van der Waals surface area contributed by atoms with Crippen molar-refractivity contribution < 1.29 is 27.5 Å². The molecule has 2 amide bonds. The van der Waals surface area contributed by atoms with Crippen molar-refractivity contribution in [1.82, 2.24) is 5.43 Å². The summed E-state index contributed by atoms with van der Waals surface area (Å²) in [7, 11) is 0. The predicted octanol–water partition coefficient (Wildman–Crippen LogP) is 5.68. The van der Waals surface area contributed by atoms with Gasteiger partial charge in [-0.05, 0) is 54.1 Å². The third-order valence-electron chi connectivity index (χ3n) is 4.89. The van der Waals surface area contributed by atoms with Crippen LogP contribution in [0, 0.1) is 11.3 Å². The number of halogens is 4. The van der Waals surface area contributed by atoms with Crippen LogP contribution in [-0.4, -0.2) is 18.0 Å². The van der Waals surface area contributed by atoms with E-state index in [0.717, 1.165) is 17.7 Å². The molecule has 190 valence electrons. The fourth-order valence-corrected chi connectivity index (χ4v) is 3.22. The number of ether oxygens (including phenoxy) is 1. The Kier molecular flexibility index (Phi) is 9.24. The number of nitriles is 1. The number of carbonyl (C=O) groups is 2. The van der Waals surface area contributed by atoms with Gasteiger partial charge in [0, 0.05) is 29.1 Å². The van der Waals surface area contributed by atoms with Gasteiger partial charge in [-0.3, -0.25) is 9.59 Å². The van der Waals surface area contributed by atoms with Gasteiger partial charge >= 0.3 is 6.18 Å². The summed E-state index contributed by atoms with van der Waals surface area (Å²) in [6.45, 7) is 0.224. The normalized spacial score (nSPS) is 11.1. The van der Waals surface area contributed by atoms with Crippen LogP contribution in [0.5, 0.6) is 5.75 Å². The summed E-state index contributed by atoms with van der Waals surface area (Å²) in [4.78, 5) is 24.1. The lowest BCUT2D eigenvalue weighted by Crippen LogP contribution is -2.20. The second-order valence-corrected chi connectivity index (χ2v) is 8.14. The van der Waals surface area contributed by atoms with Crippen molar-refractivity contribution in [2.45, 2.75) is 25.6 Å². The van der Waals surface area contributed by atoms with Gasteiger partial charge in [0.05, 0.1) is 23.4 Å². The minimum absolute atomic E-state index is 0.0206. The Labute approximate surface area is 215 Å². The highest BCUT2D eigenvalue weighted by Gasteiger charge is 2.30. The molecule has 0 saturated heterocycles. The molecule has 0 aliphatic rings. The van der Waals surface area contributed by atoms with Crippen LogP contribution in [0.2, 0.25) is 5.02 Å². The van der Waals surface area contributed by atoms with Crippen LogP contribution in [0.15, 0.2) is 71.8 Å². The summed E-state index contributed by atoms with van der Waals surface area (Å²) in [5.74, 6) is -0.739. The molecule has 0 bridgehead atoms. The molecule has 0 spiro atoms. The van der Waals surface area contributed by atoms with Gasteiger partial charge in [-0.2, -0.15) is 23.5 Å². The summed E-state index contributed by atoms with van der Waals surface area (Å²) in [5, 5.41) is 15.5. The summed E-state index contributed by atoms with van der Waals surface area (Å²) < 4.78 is 44.2. The maximum Gasteiger partial charge on any atom is 0.416 e. The minimum atomic E-state index is -4.53. The third kappa shape index (κ3) is 8.66. The lowest BCUT2D eigenvalue weighted by atomic mass is 10.1. The molecule has 0 atom stereocenters. The molecule has 0 saturated carbocycles. The summed E-state index contributed by atoms with van der Waals surface area (Å²) in [6.07, 6.45) is -3.69. The zero-order valence-corrected chi connectivity index (χ0v) is 19.9. The fourth-order valence-electron chi connectivity index (χ4n) is 3.04. The molecule has 0 aliphatic heterocycles. The molecule has 0 aliphatic carbocycles. The SMILES string of the molecule is N#Cc1ccc(COc2ccc(Cl)cc2C=NNC(=O)CCC(=O)Nc2cccc(C(F)(F)F)c2)cc1. The number of hydrazone groups is 1. The van der Waals surface area contributed by atoms with E-state index in [1.807, 2.05) is 6.07 Å². The van der Waals surface area contributed by atoms with E-state index in [1.54, 1.807) is 42.5 Å². The van der Waals surface area contributed by atoms with Crippen LogP contribution in [0.4, 0.5) is 18.9 Å². The van der Waals surface area contributed by atoms with Crippen LogP contribution in [0.1, 0.15) is 35.1 Å². The van der Waals surface area contributed by atoms with Crippen molar-refractivity contribution in [3.05, 3.63) is 94.0 Å². The average molecular weight is 529 g/mol. The molecule has 0 aromatic heterocycles. The zero-order valence-electron chi connectivity index (χ0n) is 19.2. The molecule has 11 heteroatoms. The zero-order chi connectivity index (χ0) is 26.8. The number of hydrogen-bond acceptors (Lipinski definition) is 5. The second kappa shape index (κ2) is 12.6. The molecule has 0 fully saturated rings. The molecular weight excluding hydrogens is 509 g/mol. The predicted molar refractivity (Wildman–Crippen MR) is 132 cm³/mol. The van der Waals surface area contributed by atoms with Crippen molar-refractivity contribution in [3.63, 3.8) is 0 Å². The number of rotatable bonds is 9. The average Bonchev–Trinajstić information content (AvgIpc) is 2.87. The van der Waals surface area contributed by atoms with E-state index in [4.69, 9.17) is 21.6 Å². The Morgan fingerprint density at radius 2 is 1.76 bits per heavy atom. The summed E-state index contributed by atoms with van der Waals surface area (Å²) in [6, 6.07) is 18.0. The van der Waals surface area contributed by atoms with Gasteiger partial charge in [-0.25, -0.2) is 5.43 Å². The largest absolute Gasteiger partial charge is 0.488 e. The molecule has 3 rings (SSSR count). The lowest BCUT2D eigenvalue weighted by Gasteiger charge is -2.10. The monoisotopic (exact) mass is 528 g/mol. The number of nitrogens with one attached hydrogen (secondary N) is 2. The van der Waals surface area contributed by atoms with Crippen LogP contribution >= 0.6 is 11.6 Å². The highest BCUT2D eigenvalue weighted by molar-refractivity contribution is 6.30. The van der Waals surface area contributed by atoms with Gasteiger partial charge < -0.3 is 10.1 Å². The van der Waals surface area contributed by atoms with Gasteiger partial charge in [-0.1, -0.05) is 29.8 Å². The van der Waals surface area contributed by atoms with Crippen molar-refractivity contribution in [1.29, 1.82) is 5.26 Å². The van der Waals surface area contributed by atoms with E-state index in [2.05, 4.69) is 15.8 Å². The van der Waals surface area contributed by atoms with E-state index in [9.17, 15) is 22.8 Å². The topological polar surface area (TPSA) is 104 Å². The first-order valence-electron chi connectivity index (χ1n) is 10.8. The lowest BCUT2D eigenvalue weighted by molar-refractivity contribution is -0.137. The molecule has 0 unspecified atom stereocenters. The van der Waals surface area contributed by atoms with E-state index < -0.39 is 23.6 Å². The molecule has 0 radical (unpaired) electrons. The third-order valence-corrected chi connectivity index (χ3v) is 5.13. The first-order valence-corrected chi connectivity index (χ1v) is 11.2. The maximum atomic E-state index is 12.8. The Morgan fingerprint density at radius 1 is 1.03 bits per heavy atom. The van der Waals surface area contributed by atoms with Gasteiger partial charge in [0.15, 0.2) is 0 Å². The van der Waals surface area contributed by atoms with Crippen LogP contribution in [-0.2, 0) is 22.4 Å². The molecule has 3 aromatic rings. The smallest absolute Gasteiger partial charge is 0.416 e. The number of benzene rings is 3. The van der Waals surface area contributed by atoms with Crippen molar-refractivity contribution in [2.75, 3.05) is 5.32 Å². The van der Waals surface area contributed by atoms with Crippen molar-refractivity contribution >= 4 is 35.3 Å². The Balaban J connectivity index is 1.51. The molecule has 3 aromatic carbocycles. The standard InChI is InChI=1S/C26H20ClF3N4O3/c27-21-8-9-23(37-16-18-6-4-17(14-31)5-7-18)19(12-21)15-32-34-25(36)11-10-24(35)33-22-3-1-2-20(13-22)26(28,29)30/h1-9,12-13,15H,10-11,16H2,(H,33,35)(H,34,36). The summed E-state index contributed by atoms with van der Waals surface area (Å²) in [5.41, 5.74) is 3.24. The Bertz CT molecular complexity index is 1340. The fraction of sp³-hybridized carbons (Fsp3) is 0.154. The van der Waals surface area contributed by atoms with Crippen LogP contribution in [0.25, 0.3) is 0 Å². The number of anilines is 1. The minimum Gasteiger partial charge on any atom is -0.488 e. The van der Waals surface area contributed by atoms with E-state index in [-0.39, 0.29) is 25.1 Å².